The van der Waals surface area contributed by atoms with Gasteiger partial charge in [-0.2, -0.15) is 0 Å². The van der Waals surface area contributed by atoms with Crippen LogP contribution in [0.25, 0.3) is 11.0 Å². The van der Waals surface area contributed by atoms with Crippen LogP contribution in [0.3, 0.4) is 0 Å². The van der Waals surface area contributed by atoms with Crippen LogP contribution in [0.5, 0.6) is 11.5 Å². The van der Waals surface area contributed by atoms with Gasteiger partial charge in [-0.3, -0.25) is 14.5 Å². The van der Waals surface area contributed by atoms with E-state index in [1.807, 2.05) is 19.1 Å². The number of morpholine rings is 1. The van der Waals surface area contributed by atoms with Gasteiger partial charge in [-0.1, -0.05) is 17.7 Å². The predicted octanol–water partition coefficient (Wildman–Crippen LogP) is 3.67. The van der Waals surface area contributed by atoms with Gasteiger partial charge in [-0.05, 0) is 42.8 Å². The van der Waals surface area contributed by atoms with Gasteiger partial charge in [0.1, 0.15) is 5.58 Å². The second kappa shape index (κ2) is 10.3. The van der Waals surface area contributed by atoms with Crippen LogP contribution in [0, 0.1) is 6.92 Å². The average Bonchev–Trinajstić information content (AvgIpc) is 3.45. The monoisotopic (exact) mass is 506 g/mol. The second-order valence-electron chi connectivity index (χ2n) is 9.21. The van der Waals surface area contributed by atoms with Crippen molar-refractivity contribution in [3.05, 3.63) is 70.7 Å². The molecule has 0 radical (unpaired) electrons. The Kier molecular flexibility index (Phi) is 6.90. The van der Waals surface area contributed by atoms with Crippen LogP contribution in [0.1, 0.15) is 27.7 Å². The van der Waals surface area contributed by atoms with Crippen molar-refractivity contribution < 1.29 is 33.3 Å². The molecule has 1 amide bonds. The van der Waals surface area contributed by atoms with Crippen LogP contribution in [0.15, 0.2) is 58.2 Å². The van der Waals surface area contributed by atoms with Crippen LogP contribution < -0.4 is 9.47 Å². The highest BCUT2D eigenvalue weighted by molar-refractivity contribution is 6.16. The van der Waals surface area contributed by atoms with Crippen molar-refractivity contribution in [3.63, 3.8) is 0 Å². The number of methoxy groups -OCH3 is 2. The number of ether oxygens (including phenoxy) is 3. The zero-order valence-corrected chi connectivity index (χ0v) is 21.2. The Morgan fingerprint density at radius 3 is 2.51 bits per heavy atom. The number of aryl methyl sites for hydroxylation is 1. The van der Waals surface area contributed by atoms with Crippen LogP contribution in [-0.4, -0.2) is 80.2 Å². The molecule has 2 aliphatic heterocycles. The largest absolute Gasteiger partial charge is 0.503 e. The topological polar surface area (TPSA) is 102 Å². The molecule has 1 aromatic heterocycles. The molecule has 3 heterocycles. The van der Waals surface area contributed by atoms with Gasteiger partial charge in [-0.15, -0.1) is 0 Å². The zero-order chi connectivity index (χ0) is 26.1. The minimum Gasteiger partial charge on any atom is -0.503 e. The van der Waals surface area contributed by atoms with Crippen molar-refractivity contribution in [1.82, 2.24) is 9.80 Å². The van der Waals surface area contributed by atoms with Gasteiger partial charge in [-0.25, -0.2) is 0 Å². The van der Waals surface area contributed by atoms with Crippen LogP contribution in [0.2, 0.25) is 0 Å². The highest BCUT2D eigenvalue weighted by Gasteiger charge is 2.44. The maximum Gasteiger partial charge on any atom is 0.290 e. The standard InChI is InChI=1S/C28H30N2O7/c1-17-4-6-20-19(14-17)16-23(37-20)26(31)24-25(18-5-7-21(34-2)22(15-18)35-3)30(28(33)27(24)32)9-8-29-10-12-36-13-11-29/h4-7,14-16,25,32H,8-13H2,1-3H3. The van der Waals surface area contributed by atoms with E-state index in [9.17, 15) is 14.7 Å². The number of carbonyl (C=O) groups is 2. The molecule has 1 saturated heterocycles. The number of ketones is 1. The van der Waals surface area contributed by atoms with Crippen molar-refractivity contribution in [2.45, 2.75) is 13.0 Å². The summed E-state index contributed by atoms with van der Waals surface area (Å²) in [6.45, 7) is 5.63. The summed E-state index contributed by atoms with van der Waals surface area (Å²) in [5.41, 5.74) is 2.19. The van der Waals surface area contributed by atoms with E-state index in [0.717, 1.165) is 24.0 Å². The fourth-order valence-electron chi connectivity index (χ4n) is 4.97. The maximum absolute atomic E-state index is 13.8. The first-order valence-electron chi connectivity index (χ1n) is 12.2. The van der Waals surface area contributed by atoms with E-state index in [1.54, 1.807) is 30.3 Å². The third kappa shape index (κ3) is 4.68. The molecule has 1 fully saturated rings. The molecule has 0 saturated carbocycles. The van der Waals surface area contributed by atoms with E-state index >= 15 is 0 Å². The van der Waals surface area contributed by atoms with Gasteiger partial charge in [0.05, 0.1) is 39.0 Å². The smallest absolute Gasteiger partial charge is 0.290 e. The molecule has 9 nitrogen and oxygen atoms in total. The highest BCUT2D eigenvalue weighted by atomic mass is 16.5. The number of aliphatic hydroxyl groups excluding tert-OH is 1. The summed E-state index contributed by atoms with van der Waals surface area (Å²) in [4.78, 5) is 30.9. The molecule has 1 atom stereocenters. The van der Waals surface area contributed by atoms with Gasteiger partial charge in [0.2, 0.25) is 5.78 Å². The van der Waals surface area contributed by atoms with Crippen LogP contribution in [0.4, 0.5) is 0 Å². The Balaban J connectivity index is 1.54. The quantitative estimate of drug-likeness (QED) is 0.462. The molecule has 5 rings (SSSR count). The summed E-state index contributed by atoms with van der Waals surface area (Å²) >= 11 is 0. The number of nitrogens with zero attached hydrogens (tertiary/aromatic N) is 2. The molecule has 1 unspecified atom stereocenters. The predicted molar refractivity (Wildman–Crippen MR) is 136 cm³/mol. The van der Waals surface area contributed by atoms with Crippen molar-refractivity contribution in [2.24, 2.45) is 0 Å². The molecule has 9 heteroatoms. The molecule has 0 bridgehead atoms. The molecule has 194 valence electrons. The fourth-order valence-corrected chi connectivity index (χ4v) is 4.97. The molecular formula is C28H30N2O7. The Morgan fingerprint density at radius 1 is 1.03 bits per heavy atom. The van der Waals surface area contributed by atoms with E-state index in [0.29, 0.717) is 48.9 Å². The summed E-state index contributed by atoms with van der Waals surface area (Å²) in [7, 11) is 3.06. The molecule has 3 aromatic rings. The van der Waals surface area contributed by atoms with Crippen molar-refractivity contribution in [2.75, 3.05) is 53.6 Å². The number of hydrogen-bond acceptors (Lipinski definition) is 8. The number of hydrogen-bond donors (Lipinski definition) is 1. The minimum atomic E-state index is -0.823. The Morgan fingerprint density at radius 2 is 1.78 bits per heavy atom. The maximum atomic E-state index is 13.8. The number of furan rings is 1. The van der Waals surface area contributed by atoms with E-state index < -0.39 is 23.5 Å². The third-order valence-electron chi connectivity index (χ3n) is 6.93. The summed E-state index contributed by atoms with van der Waals surface area (Å²) in [5, 5.41) is 11.8. The van der Waals surface area contributed by atoms with E-state index in [2.05, 4.69) is 4.90 Å². The van der Waals surface area contributed by atoms with E-state index in [1.165, 1.54) is 19.1 Å². The number of rotatable bonds is 8. The number of carbonyl (C=O) groups excluding carboxylic acids is 2. The van der Waals surface area contributed by atoms with Gasteiger partial charge >= 0.3 is 0 Å². The first kappa shape index (κ1) is 24.9. The number of Topliss-reactive ketones (excluding diaryl/α,β-unsaturated/α-hetero) is 1. The van der Waals surface area contributed by atoms with Gasteiger partial charge in [0.15, 0.2) is 23.0 Å². The van der Waals surface area contributed by atoms with Crippen LogP contribution >= 0.6 is 0 Å². The minimum absolute atomic E-state index is 0.0185. The lowest BCUT2D eigenvalue weighted by Crippen LogP contribution is -2.43. The van der Waals surface area contributed by atoms with Crippen molar-refractivity contribution in [3.8, 4) is 11.5 Å². The van der Waals surface area contributed by atoms with E-state index in [4.69, 9.17) is 18.6 Å². The summed E-state index contributed by atoms with van der Waals surface area (Å²) in [5.74, 6) is -0.655. The molecule has 0 spiro atoms. The van der Waals surface area contributed by atoms with Crippen LogP contribution in [-0.2, 0) is 9.53 Å². The normalized spacial score (nSPS) is 18.6. The molecule has 0 aliphatic carbocycles. The Hall–Kier alpha value is -3.82. The summed E-state index contributed by atoms with van der Waals surface area (Å²) < 4.78 is 22.1. The average molecular weight is 507 g/mol. The summed E-state index contributed by atoms with van der Waals surface area (Å²) in [6.07, 6.45) is 0. The second-order valence-corrected chi connectivity index (χ2v) is 9.21. The SMILES string of the molecule is COc1ccc(C2C(C(=O)c3cc4cc(C)ccc4o3)=C(O)C(=O)N2CCN2CCOCC2)cc1OC. The number of benzene rings is 2. The summed E-state index contributed by atoms with van der Waals surface area (Å²) in [6, 6.07) is 11.7. The zero-order valence-electron chi connectivity index (χ0n) is 21.2. The number of fused-ring (bicyclic) bond motifs is 1. The van der Waals surface area contributed by atoms with Crippen molar-refractivity contribution >= 4 is 22.7 Å². The van der Waals surface area contributed by atoms with Gasteiger partial charge in [0.25, 0.3) is 5.91 Å². The molecule has 37 heavy (non-hydrogen) atoms. The highest BCUT2D eigenvalue weighted by Crippen LogP contribution is 2.42. The lowest BCUT2D eigenvalue weighted by molar-refractivity contribution is -0.129. The van der Waals surface area contributed by atoms with Crippen molar-refractivity contribution in [1.29, 1.82) is 0 Å². The lowest BCUT2D eigenvalue weighted by atomic mass is 9.94. The number of amides is 1. The first-order chi connectivity index (χ1) is 17.9. The fraction of sp³-hybridized carbons (Fsp3) is 0.357. The Bertz CT molecular complexity index is 1370. The Labute approximate surface area is 214 Å². The van der Waals surface area contributed by atoms with Gasteiger partial charge < -0.3 is 28.6 Å². The molecule has 2 aliphatic rings. The lowest BCUT2D eigenvalue weighted by Gasteiger charge is -2.31. The third-order valence-corrected chi connectivity index (χ3v) is 6.93. The number of aliphatic hydroxyl groups is 1. The van der Waals surface area contributed by atoms with E-state index in [-0.39, 0.29) is 11.3 Å². The molecule has 2 aromatic carbocycles. The first-order valence-corrected chi connectivity index (χ1v) is 12.2. The van der Waals surface area contributed by atoms with Gasteiger partial charge in [0, 0.05) is 31.6 Å². The molecule has 1 N–H and O–H groups in total. The molecular weight excluding hydrogens is 476 g/mol.